The second-order valence-corrected chi connectivity index (χ2v) is 5.81. The maximum atomic E-state index is 12.4. The summed E-state index contributed by atoms with van der Waals surface area (Å²) in [5.74, 6) is 0.706. The Morgan fingerprint density at radius 3 is 2.53 bits per heavy atom. The second-order valence-electron chi connectivity index (χ2n) is 5.81. The van der Waals surface area contributed by atoms with Crippen LogP contribution in [-0.4, -0.2) is 34.5 Å². The van der Waals surface area contributed by atoms with Crippen molar-refractivity contribution in [3.63, 3.8) is 0 Å². The molecule has 1 aliphatic heterocycles. The van der Waals surface area contributed by atoms with Crippen LogP contribution in [-0.2, 0) is 9.59 Å². The molecule has 4 nitrogen and oxygen atoms in total. The predicted octanol–water partition coefficient (Wildman–Crippen LogP) is 1.50. The van der Waals surface area contributed by atoms with E-state index in [-0.39, 0.29) is 11.8 Å². The number of carboxylic acids is 1. The Morgan fingerprint density at radius 2 is 1.94 bits per heavy atom. The van der Waals surface area contributed by atoms with Crippen LogP contribution in [0.15, 0.2) is 0 Å². The normalized spacial score (nSPS) is 39.9. The molecule has 2 saturated carbocycles. The van der Waals surface area contributed by atoms with Gasteiger partial charge in [0.1, 0.15) is 6.04 Å². The van der Waals surface area contributed by atoms with Gasteiger partial charge in [0.05, 0.1) is 0 Å². The molecule has 3 unspecified atom stereocenters. The van der Waals surface area contributed by atoms with Crippen molar-refractivity contribution in [2.75, 3.05) is 6.54 Å². The summed E-state index contributed by atoms with van der Waals surface area (Å²) in [5, 5.41) is 9.11. The average Bonchev–Trinajstić information content (AvgIpc) is 3.02. The fourth-order valence-electron chi connectivity index (χ4n) is 4.05. The number of carboxylic acid groups (broad SMARTS) is 1. The molecule has 2 aliphatic carbocycles. The van der Waals surface area contributed by atoms with Crippen LogP contribution in [0.1, 0.15) is 38.5 Å². The highest BCUT2D eigenvalue weighted by molar-refractivity contribution is 5.86. The van der Waals surface area contributed by atoms with E-state index in [0.29, 0.717) is 18.9 Å². The minimum Gasteiger partial charge on any atom is -0.480 e. The lowest BCUT2D eigenvalue weighted by atomic mass is 9.87. The molecule has 94 valence electrons. The molecule has 1 amide bonds. The Morgan fingerprint density at radius 1 is 1.12 bits per heavy atom. The lowest BCUT2D eigenvalue weighted by molar-refractivity contribution is -0.150. The molecule has 0 aromatic heterocycles. The van der Waals surface area contributed by atoms with Crippen molar-refractivity contribution in [1.82, 2.24) is 4.90 Å². The standard InChI is InChI=1S/C13H19NO3/c15-12(10-7-8-3-4-9(10)6-8)14-5-1-2-11(14)13(16)17/h8-11H,1-7H2,(H,16,17)/t8?,9?,10?,11-/m0/s1. The first-order chi connectivity index (χ1) is 8.16. The summed E-state index contributed by atoms with van der Waals surface area (Å²) < 4.78 is 0. The topological polar surface area (TPSA) is 57.6 Å². The summed E-state index contributed by atoms with van der Waals surface area (Å²) in [6.45, 7) is 0.643. The van der Waals surface area contributed by atoms with Gasteiger partial charge in [0.15, 0.2) is 0 Å². The number of amides is 1. The molecule has 4 atom stereocenters. The van der Waals surface area contributed by atoms with Crippen molar-refractivity contribution < 1.29 is 14.7 Å². The fraction of sp³-hybridized carbons (Fsp3) is 0.846. The summed E-state index contributed by atoms with van der Waals surface area (Å²) in [4.78, 5) is 25.1. The second kappa shape index (κ2) is 4.00. The van der Waals surface area contributed by atoms with Gasteiger partial charge in [0.25, 0.3) is 0 Å². The van der Waals surface area contributed by atoms with Crippen molar-refractivity contribution in [3.05, 3.63) is 0 Å². The van der Waals surface area contributed by atoms with Crippen molar-refractivity contribution in [3.8, 4) is 0 Å². The number of hydrogen-bond acceptors (Lipinski definition) is 2. The molecule has 1 heterocycles. The van der Waals surface area contributed by atoms with Gasteiger partial charge in [-0.1, -0.05) is 6.42 Å². The largest absolute Gasteiger partial charge is 0.480 e. The van der Waals surface area contributed by atoms with Gasteiger partial charge in [-0.3, -0.25) is 4.79 Å². The average molecular weight is 237 g/mol. The number of carbonyl (C=O) groups excluding carboxylic acids is 1. The Labute approximate surface area is 101 Å². The molecule has 0 aromatic rings. The molecule has 0 radical (unpaired) electrons. The highest BCUT2D eigenvalue weighted by atomic mass is 16.4. The van der Waals surface area contributed by atoms with E-state index in [9.17, 15) is 9.59 Å². The van der Waals surface area contributed by atoms with Crippen molar-refractivity contribution in [1.29, 1.82) is 0 Å². The fourth-order valence-corrected chi connectivity index (χ4v) is 4.05. The highest BCUT2D eigenvalue weighted by Gasteiger charge is 2.46. The van der Waals surface area contributed by atoms with E-state index in [1.165, 1.54) is 19.3 Å². The number of fused-ring (bicyclic) bond motifs is 2. The lowest BCUT2D eigenvalue weighted by Crippen LogP contribution is -2.44. The molecule has 3 fully saturated rings. The minimum atomic E-state index is -0.834. The van der Waals surface area contributed by atoms with Crippen LogP contribution in [0.3, 0.4) is 0 Å². The van der Waals surface area contributed by atoms with Crippen LogP contribution >= 0.6 is 0 Å². The predicted molar refractivity (Wildman–Crippen MR) is 61.3 cm³/mol. The quantitative estimate of drug-likeness (QED) is 0.791. The first-order valence-corrected chi connectivity index (χ1v) is 6.70. The monoisotopic (exact) mass is 237 g/mol. The van der Waals surface area contributed by atoms with Crippen molar-refractivity contribution in [2.45, 2.75) is 44.6 Å². The number of aliphatic carboxylic acids is 1. The Hall–Kier alpha value is -1.06. The minimum absolute atomic E-state index is 0.127. The number of hydrogen-bond donors (Lipinski definition) is 1. The Kier molecular flexibility index (Phi) is 2.60. The molecule has 17 heavy (non-hydrogen) atoms. The molecule has 0 spiro atoms. The van der Waals surface area contributed by atoms with Gasteiger partial charge in [-0.05, 0) is 43.9 Å². The molecule has 4 heteroatoms. The third kappa shape index (κ3) is 1.74. The van der Waals surface area contributed by atoms with E-state index in [4.69, 9.17) is 5.11 Å². The van der Waals surface area contributed by atoms with Crippen LogP contribution in [0.5, 0.6) is 0 Å². The molecule has 0 aromatic carbocycles. The molecular weight excluding hydrogens is 218 g/mol. The molecule has 1 N–H and O–H groups in total. The van der Waals surface area contributed by atoms with Crippen LogP contribution in [0.4, 0.5) is 0 Å². The number of carbonyl (C=O) groups is 2. The SMILES string of the molecule is O=C(O)[C@@H]1CCCN1C(=O)C1CC2CCC1C2. The number of nitrogens with zero attached hydrogens (tertiary/aromatic N) is 1. The summed E-state index contributed by atoms with van der Waals surface area (Å²) in [6, 6.07) is -0.554. The van der Waals surface area contributed by atoms with Crippen LogP contribution in [0.25, 0.3) is 0 Å². The zero-order chi connectivity index (χ0) is 12.0. The van der Waals surface area contributed by atoms with E-state index in [1.54, 1.807) is 4.90 Å². The van der Waals surface area contributed by atoms with Gasteiger partial charge in [0.2, 0.25) is 5.91 Å². The van der Waals surface area contributed by atoms with Gasteiger partial charge in [-0.15, -0.1) is 0 Å². The summed E-state index contributed by atoms with van der Waals surface area (Å²) in [7, 11) is 0. The van der Waals surface area contributed by atoms with Gasteiger partial charge in [0, 0.05) is 12.5 Å². The smallest absolute Gasteiger partial charge is 0.326 e. The third-order valence-corrected chi connectivity index (χ3v) is 4.88. The summed E-state index contributed by atoms with van der Waals surface area (Å²) in [5.41, 5.74) is 0. The zero-order valence-corrected chi connectivity index (χ0v) is 9.97. The van der Waals surface area contributed by atoms with Gasteiger partial charge < -0.3 is 10.0 Å². The Balaban J connectivity index is 1.71. The van der Waals surface area contributed by atoms with E-state index >= 15 is 0 Å². The maximum absolute atomic E-state index is 12.4. The zero-order valence-electron chi connectivity index (χ0n) is 9.97. The van der Waals surface area contributed by atoms with Crippen molar-refractivity contribution in [2.24, 2.45) is 17.8 Å². The van der Waals surface area contributed by atoms with E-state index in [0.717, 1.165) is 18.8 Å². The summed E-state index contributed by atoms with van der Waals surface area (Å²) >= 11 is 0. The highest BCUT2D eigenvalue weighted by Crippen LogP contribution is 2.49. The Bertz CT molecular complexity index is 355. The molecule has 3 rings (SSSR count). The number of rotatable bonds is 2. The maximum Gasteiger partial charge on any atom is 0.326 e. The molecule has 2 bridgehead atoms. The van der Waals surface area contributed by atoms with E-state index < -0.39 is 12.0 Å². The van der Waals surface area contributed by atoms with Crippen molar-refractivity contribution >= 4 is 11.9 Å². The number of likely N-dealkylation sites (tertiary alicyclic amines) is 1. The first-order valence-electron chi connectivity index (χ1n) is 6.70. The van der Waals surface area contributed by atoms with Crippen LogP contribution in [0.2, 0.25) is 0 Å². The first kappa shape index (κ1) is 11.1. The third-order valence-electron chi connectivity index (χ3n) is 4.88. The lowest BCUT2D eigenvalue weighted by Gasteiger charge is -2.28. The van der Waals surface area contributed by atoms with Gasteiger partial charge in [-0.25, -0.2) is 4.79 Å². The molecule has 1 saturated heterocycles. The van der Waals surface area contributed by atoms with E-state index in [2.05, 4.69) is 0 Å². The van der Waals surface area contributed by atoms with Crippen LogP contribution in [0, 0.1) is 17.8 Å². The summed E-state index contributed by atoms with van der Waals surface area (Å²) in [6.07, 6.45) is 6.11. The van der Waals surface area contributed by atoms with Gasteiger partial charge >= 0.3 is 5.97 Å². The molecule has 3 aliphatic rings. The van der Waals surface area contributed by atoms with Crippen LogP contribution < -0.4 is 0 Å². The molecular formula is C13H19NO3. The van der Waals surface area contributed by atoms with E-state index in [1.807, 2.05) is 0 Å². The van der Waals surface area contributed by atoms with Gasteiger partial charge in [-0.2, -0.15) is 0 Å².